The van der Waals surface area contributed by atoms with Crippen LogP contribution >= 0.6 is 12.2 Å². The topological polar surface area (TPSA) is 68.9 Å². The summed E-state index contributed by atoms with van der Waals surface area (Å²) < 4.78 is 10.4. The number of methoxy groups -OCH3 is 2. The lowest BCUT2D eigenvalue weighted by atomic mass is 10.2. The number of nitrogens with zero attached hydrogens (tertiary/aromatic N) is 1. The second-order valence-electron chi connectivity index (χ2n) is 2.81. The average molecular weight is 239 g/mol. The van der Waals surface area contributed by atoms with Crippen LogP contribution in [0.2, 0.25) is 0 Å². The second-order valence-corrected chi connectivity index (χ2v) is 3.25. The van der Waals surface area contributed by atoms with Crippen LogP contribution in [0.15, 0.2) is 23.3 Å². The van der Waals surface area contributed by atoms with E-state index < -0.39 is 0 Å². The van der Waals surface area contributed by atoms with Gasteiger partial charge in [-0.15, -0.1) is 0 Å². The van der Waals surface area contributed by atoms with Gasteiger partial charge in [0.25, 0.3) is 0 Å². The zero-order valence-corrected chi connectivity index (χ0v) is 9.88. The Morgan fingerprint density at radius 2 is 1.94 bits per heavy atom. The van der Waals surface area contributed by atoms with Crippen molar-refractivity contribution in [1.29, 1.82) is 0 Å². The van der Waals surface area contributed by atoms with Crippen molar-refractivity contribution < 1.29 is 9.47 Å². The van der Waals surface area contributed by atoms with Crippen molar-refractivity contribution in [3.63, 3.8) is 0 Å². The molecule has 86 valence electrons. The molecule has 0 aliphatic heterocycles. The monoisotopic (exact) mass is 239 g/mol. The molecular weight excluding hydrogens is 226 g/mol. The lowest BCUT2D eigenvalue weighted by Gasteiger charge is -2.08. The first-order valence-corrected chi connectivity index (χ1v) is 4.89. The minimum atomic E-state index is 0.102. The van der Waals surface area contributed by atoms with Gasteiger partial charge in [-0.1, -0.05) is 6.07 Å². The van der Waals surface area contributed by atoms with Crippen molar-refractivity contribution in [3.8, 4) is 11.5 Å². The maximum atomic E-state index is 5.24. The predicted octanol–water partition coefficient (Wildman–Crippen LogP) is 0.871. The second kappa shape index (κ2) is 5.92. The van der Waals surface area contributed by atoms with E-state index in [2.05, 4.69) is 22.7 Å². The summed E-state index contributed by atoms with van der Waals surface area (Å²) in [5, 5.41) is 3.96. The van der Waals surface area contributed by atoms with Crippen LogP contribution in [0.1, 0.15) is 5.56 Å². The fourth-order valence-electron chi connectivity index (χ4n) is 1.17. The Bertz CT molecular complexity index is 385. The summed E-state index contributed by atoms with van der Waals surface area (Å²) in [4.78, 5) is 0. The molecule has 6 heteroatoms. The van der Waals surface area contributed by atoms with E-state index >= 15 is 0 Å². The summed E-state index contributed by atoms with van der Waals surface area (Å²) in [5.74, 6) is 1.32. The SMILES string of the molecule is COc1cccc(OC)c1C=NNC(N)=S. The number of thiocarbonyl (C=S) groups is 1. The van der Waals surface area contributed by atoms with Crippen molar-refractivity contribution in [1.82, 2.24) is 5.43 Å². The first-order chi connectivity index (χ1) is 7.69. The molecule has 0 fully saturated rings. The summed E-state index contributed by atoms with van der Waals surface area (Å²) in [7, 11) is 3.15. The molecule has 0 saturated carbocycles. The Hall–Kier alpha value is -1.82. The fraction of sp³-hybridized carbons (Fsp3) is 0.200. The quantitative estimate of drug-likeness (QED) is 0.463. The van der Waals surface area contributed by atoms with Crippen molar-refractivity contribution in [2.24, 2.45) is 10.8 Å². The lowest BCUT2D eigenvalue weighted by Crippen LogP contribution is -2.24. The molecule has 0 aliphatic carbocycles. The van der Waals surface area contributed by atoms with Gasteiger partial charge < -0.3 is 15.2 Å². The molecule has 0 unspecified atom stereocenters. The average Bonchev–Trinajstić information content (AvgIpc) is 2.28. The molecule has 0 heterocycles. The summed E-state index contributed by atoms with van der Waals surface area (Å²) in [6, 6.07) is 5.45. The molecule has 16 heavy (non-hydrogen) atoms. The highest BCUT2D eigenvalue weighted by Crippen LogP contribution is 2.25. The van der Waals surface area contributed by atoms with E-state index in [0.717, 1.165) is 5.56 Å². The van der Waals surface area contributed by atoms with Crippen LogP contribution < -0.4 is 20.6 Å². The van der Waals surface area contributed by atoms with E-state index in [1.54, 1.807) is 14.2 Å². The Balaban J connectivity index is 2.99. The summed E-state index contributed by atoms with van der Waals surface area (Å²) in [6.07, 6.45) is 1.54. The highest BCUT2D eigenvalue weighted by Gasteiger charge is 2.06. The number of nitrogens with one attached hydrogen (secondary N) is 1. The number of hydrazone groups is 1. The van der Waals surface area contributed by atoms with E-state index in [1.165, 1.54) is 6.21 Å². The number of nitrogens with two attached hydrogens (primary N) is 1. The largest absolute Gasteiger partial charge is 0.496 e. The van der Waals surface area contributed by atoms with Crippen LogP contribution in [-0.2, 0) is 0 Å². The van der Waals surface area contributed by atoms with Gasteiger partial charge in [0.1, 0.15) is 11.5 Å². The number of rotatable bonds is 4. The molecule has 3 N–H and O–H groups in total. The molecule has 1 aromatic carbocycles. The number of hydrogen-bond donors (Lipinski definition) is 2. The van der Waals surface area contributed by atoms with Gasteiger partial charge in [0.2, 0.25) is 0 Å². The van der Waals surface area contributed by atoms with E-state index in [1.807, 2.05) is 18.2 Å². The van der Waals surface area contributed by atoms with Gasteiger partial charge >= 0.3 is 0 Å². The van der Waals surface area contributed by atoms with Crippen LogP contribution in [0.5, 0.6) is 11.5 Å². The molecular formula is C10H13N3O2S. The van der Waals surface area contributed by atoms with Crippen LogP contribution in [0.4, 0.5) is 0 Å². The van der Waals surface area contributed by atoms with E-state index in [-0.39, 0.29) is 5.11 Å². The Morgan fingerprint density at radius 1 is 1.38 bits per heavy atom. The van der Waals surface area contributed by atoms with Crippen LogP contribution in [-0.4, -0.2) is 25.5 Å². The van der Waals surface area contributed by atoms with Gasteiger partial charge in [-0.2, -0.15) is 5.10 Å². The van der Waals surface area contributed by atoms with Crippen LogP contribution in [0, 0.1) is 0 Å². The molecule has 5 nitrogen and oxygen atoms in total. The predicted molar refractivity (Wildman–Crippen MR) is 67.1 cm³/mol. The van der Waals surface area contributed by atoms with Crippen LogP contribution in [0.3, 0.4) is 0 Å². The summed E-state index contributed by atoms with van der Waals surface area (Å²) >= 11 is 4.62. The smallest absolute Gasteiger partial charge is 0.184 e. The highest BCUT2D eigenvalue weighted by molar-refractivity contribution is 7.80. The van der Waals surface area contributed by atoms with Crippen LogP contribution in [0.25, 0.3) is 0 Å². The summed E-state index contributed by atoms with van der Waals surface area (Å²) in [5.41, 5.74) is 8.42. The van der Waals surface area contributed by atoms with Gasteiger partial charge in [0, 0.05) is 0 Å². The van der Waals surface area contributed by atoms with Gasteiger partial charge in [-0.25, -0.2) is 0 Å². The Morgan fingerprint density at radius 3 is 2.38 bits per heavy atom. The number of benzene rings is 1. The van der Waals surface area contributed by atoms with Crippen molar-refractivity contribution in [2.45, 2.75) is 0 Å². The molecule has 0 amide bonds. The zero-order chi connectivity index (χ0) is 12.0. The van der Waals surface area contributed by atoms with Crippen molar-refractivity contribution >= 4 is 23.5 Å². The minimum Gasteiger partial charge on any atom is -0.496 e. The maximum Gasteiger partial charge on any atom is 0.184 e. The molecule has 1 aromatic rings. The van der Waals surface area contributed by atoms with E-state index in [9.17, 15) is 0 Å². The van der Waals surface area contributed by atoms with Crippen molar-refractivity contribution in [2.75, 3.05) is 14.2 Å². The molecule has 0 saturated heterocycles. The van der Waals surface area contributed by atoms with E-state index in [0.29, 0.717) is 11.5 Å². The van der Waals surface area contributed by atoms with Gasteiger partial charge in [-0.3, -0.25) is 5.43 Å². The molecule has 1 rings (SSSR count). The lowest BCUT2D eigenvalue weighted by molar-refractivity contribution is 0.393. The third-order valence-electron chi connectivity index (χ3n) is 1.83. The van der Waals surface area contributed by atoms with Gasteiger partial charge in [-0.05, 0) is 24.4 Å². The third-order valence-corrected chi connectivity index (χ3v) is 1.93. The summed E-state index contributed by atoms with van der Waals surface area (Å²) in [6.45, 7) is 0. The number of hydrogen-bond acceptors (Lipinski definition) is 4. The molecule has 0 atom stereocenters. The standard InChI is InChI=1S/C10H13N3O2S/c1-14-8-4-3-5-9(15-2)7(8)6-12-13-10(11)16/h3-6H,1-2H3,(H3,11,13,16). The van der Waals surface area contributed by atoms with Gasteiger partial charge in [0.05, 0.1) is 26.0 Å². The molecule has 0 bridgehead atoms. The fourth-order valence-corrected chi connectivity index (χ4v) is 1.22. The molecule has 0 spiro atoms. The van der Waals surface area contributed by atoms with Crippen molar-refractivity contribution in [3.05, 3.63) is 23.8 Å². The Kier molecular flexibility index (Phi) is 4.53. The Labute approximate surface area is 99.2 Å². The third kappa shape index (κ3) is 3.09. The highest BCUT2D eigenvalue weighted by atomic mass is 32.1. The maximum absolute atomic E-state index is 5.24. The zero-order valence-electron chi connectivity index (χ0n) is 9.06. The molecule has 0 aromatic heterocycles. The first-order valence-electron chi connectivity index (χ1n) is 4.48. The molecule has 0 aliphatic rings. The van der Waals surface area contributed by atoms with Gasteiger partial charge in [0.15, 0.2) is 5.11 Å². The van der Waals surface area contributed by atoms with E-state index in [4.69, 9.17) is 15.2 Å². The minimum absolute atomic E-state index is 0.102. The number of ether oxygens (including phenoxy) is 2. The first kappa shape index (κ1) is 12.3. The normalized spacial score (nSPS) is 10.1. The molecule has 0 radical (unpaired) electrons.